The van der Waals surface area contributed by atoms with Crippen molar-refractivity contribution in [2.75, 3.05) is 55.2 Å². The molecule has 256 valence electrons. The van der Waals surface area contributed by atoms with Crippen LogP contribution in [0.5, 0.6) is 5.75 Å². The molecule has 1 aliphatic heterocycles. The van der Waals surface area contributed by atoms with Crippen LogP contribution in [0.2, 0.25) is 5.15 Å². The molecule has 0 radical (unpaired) electrons. The highest BCUT2D eigenvalue weighted by molar-refractivity contribution is 7.92. The molecule has 3 rings (SSSR count). The Balaban J connectivity index is 1.25. The van der Waals surface area contributed by atoms with E-state index in [1.807, 2.05) is 0 Å². The van der Waals surface area contributed by atoms with E-state index in [9.17, 15) is 23.4 Å². The number of hydrogen-bond acceptors (Lipinski definition) is 12. The van der Waals surface area contributed by atoms with E-state index in [2.05, 4.69) is 42.1 Å². The molecule has 1 aromatic carbocycles. The standard InChI is InChI=1S/C29H47ClN10O5S/c1-18(35-17-23(42)20-8-9-22(41)21(16-20)39-46(2,44)45)6-5-13-40-14-10-19(11-15-40)7-3-4-12-34-29(33)38-28(43)24-26(31)37-27(32)25(30)36-24/h8-9,16,18-19,23,35,39,41-42H,3-7,10-15,17H2,1-2H3,(H4,31,32,37)(H3,33,34,38,43)/t18-,23+/m1/s1. The molecule has 0 spiro atoms. The van der Waals surface area contributed by atoms with Crippen molar-refractivity contribution in [1.29, 1.82) is 0 Å². The quantitative estimate of drug-likeness (QED) is 0.0546. The highest BCUT2D eigenvalue weighted by Crippen LogP contribution is 2.28. The molecule has 0 bridgehead atoms. The number of aliphatic imine (C=N–C) groups is 1. The number of nitrogens with two attached hydrogens (primary N) is 3. The Labute approximate surface area is 275 Å². The number of unbranched alkanes of at least 4 members (excludes halogenated alkanes) is 1. The van der Waals surface area contributed by atoms with Crippen molar-refractivity contribution in [3.8, 4) is 5.75 Å². The largest absolute Gasteiger partial charge is 0.506 e. The number of anilines is 3. The highest BCUT2D eigenvalue weighted by Gasteiger charge is 2.20. The van der Waals surface area contributed by atoms with Crippen molar-refractivity contribution in [1.82, 2.24) is 25.5 Å². The van der Waals surface area contributed by atoms with Gasteiger partial charge in [-0.1, -0.05) is 30.5 Å². The molecule has 1 saturated heterocycles. The number of rotatable bonds is 16. The lowest BCUT2D eigenvalue weighted by Crippen LogP contribution is -2.38. The van der Waals surface area contributed by atoms with Gasteiger partial charge in [-0.2, -0.15) is 0 Å². The fourth-order valence-electron chi connectivity index (χ4n) is 5.26. The van der Waals surface area contributed by atoms with Crippen LogP contribution in [-0.2, 0) is 10.0 Å². The number of nitrogens with one attached hydrogen (secondary N) is 3. The number of phenols is 1. The van der Waals surface area contributed by atoms with Gasteiger partial charge in [-0.3, -0.25) is 19.8 Å². The number of guanidine groups is 1. The molecule has 46 heavy (non-hydrogen) atoms. The second-order valence-electron chi connectivity index (χ2n) is 11.8. The van der Waals surface area contributed by atoms with Gasteiger partial charge < -0.3 is 37.6 Å². The van der Waals surface area contributed by atoms with Crippen LogP contribution in [0.4, 0.5) is 17.3 Å². The smallest absolute Gasteiger partial charge is 0.280 e. The lowest BCUT2D eigenvalue weighted by Gasteiger charge is -2.32. The van der Waals surface area contributed by atoms with Crippen LogP contribution < -0.4 is 32.6 Å². The zero-order chi connectivity index (χ0) is 33.9. The summed E-state index contributed by atoms with van der Waals surface area (Å²) < 4.78 is 25.3. The average Bonchev–Trinajstić information content (AvgIpc) is 2.98. The first-order valence-corrected chi connectivity index (χ1v) is 17.6. The van der Waals surface area contributed by atoms with Crippen molar-refractivity contribution in [2.45, 2.75) is 64.0 Å². The molecule has 17 heteroatoms. The number of amides is 1. The van der Waals surface area contributed by atoms with Crippen LogP contribution in [0.25, 0.3) is 0 Å². The zero-order valence-corrected chi connectivity index (χ0v) is 27.9. The Kier molecular flexibility index (Phi) is 14.1. The topological polar surface area (TPSA) is 247 Å². The summed E-state index contributed by atoms with van der Waals surface area (Å²) in [5, 5.41) is 26.1. The summed E-state index contributed by atoms with van der Waals surface area (Å²) in [4.78, 5) is 26.7. The summed E-state index contributed by atoms with van der Waals surface area (Å²) in [6, 6.07) is 4.58. The number of carbonyl (C=O) groups is 1. The van der Waals surface area contributed by atoms with Gasteiger partial charge in [0, 0.05) is 19.1 Å². The minimum absolute atomic E-state index is 0.0245. The van der Waals surface area contributed by atoms with Gasteiger partial charge in [0.15, 0.2) is 28.4 Å². The van der Waals surface area contributed by atoms with Gasteiger partial charge in [-0.05, 0) is 82.3 Å². The Bertz CT molecular complexity index is 1450. The number of sulfonamides is 1. The van der Waals surface area contributed by atoms with Crippen LogP contribution in [0, 0.1) is 5.92 Å². The van der Waals surface area contributed by atoms with Gasteiger partial charge in [0.05, 0.1) is 18.0 Å². The number of benzene rings is 1. The molecule has 2 atom stereocenters. The number of aliphatic hydroxyl groups excluding tert-OH is 1. The predicted octanol–water partition coefficient (Wildman–Crippen LogP) is 1.79. The molecular formula is C29H47ClN10O5S. The molecule has 1 aromatic heterocycles. The van der Waals surface area contributed by atoms with Gasteiger partial charge in [0.25, 0.3) is 5.91 Å². The van der Waals surface area contributed by atoms with E-state index in [1.54, 1.807) is 6.07 Å². The third-order valence-corrected chi connectivity index (χ3v) is 8.71. The summed E-state index contributed by atoms with van der Waals surface area (Å²) in [5.41, 5.74) is 17.4. The SMILES string of the molecule is C[C@H](CCCN1CCC(CCCCN=C(N)NC(=O)c2nc(Cl)c(N)nc2N)CC1)NC[C@H](O)c1ccc(O)c(NS(C)(=O)=O)c1. The van der Waals surface area contributed by atoms with Crippen LogP contribution in [0.3, 0.4) is 0 Å². The van der Waals surface area contributed by atoms with E-state index in [1.165, 1.54) is 12.1 Å². The number of halogens is 1. The molecule has 2 aromatic rings. The molecule has 1 aliphatic rings. The number of hydrogen-bond donors (Lipinski definition) is 8. The van der Waals surface area contributed by atoms with Gasteiger partial charge in [-0.15, -0.1) is 0 Å². The fourth-order valence-corrected chi connectivity index (χ4v) is 5.95. The van der Waals surface area contributed by atoms with E-state index in [-0.39, 0.29) is 45.9 Å². The number of carbonyl (C=O) groups excluding carboxylic acids is 1. The first kappa shape index (κ1) is 37.0. The van der Waals surface area contributed by atoms with Gasteiger partial charge in [-0.25, -0.2) is 18.4 Å². The molecule has 11 N–H and O–H groups in total. The summed E-state index contributed by atoms with van der Waals surface area (Å²) in [5.74, 6) is -0.404. The van der Waals surface area contributed by atoms with E-state index in [0.717, 1.165) is 70.8 Å². The molecule has 1 fully saturated rings. The lowest BCUT2D eigenvalue weighted by molar-refractivity contribution is 0.0972. The molecular weight excluding hydrogens is 636 g/mol. The highest BCUT2D eigenvalue weighted by atomic mass is 35.5. The molecule has 15 nitrogen and oxygen atoms in total. The summed E-state index contributed by atoms with van der Waals surface area (Å²) in [6.07, 6.45) is 7.49. The minimum atomic E-state index is -3.55. The normalized spacial score (nSPS) is 16.2. The van der Waals surface area contributed by atoms with E-state index < -0.39 is 22.0 Å². The first-order chi connectivity index (χ1) is 21.7. The second-order valence-corrected chi connectivity index (χ2v) is 13.9. The number of aromatic hydroxyl groups is 1. The minimum Gasteiger partial charge on any atom is -0.506 e. The van der Waals surface area contributed by atoms with E-state index in [4.69, 9.17) is 28.8 Å². The van der Waals surface area contributed by atoms with Crippen LogP contribution in [0.1, 0.15) is 74.0 Å². The maximum atomic E-state index is 12.3. The molecule has 0 aliphatic carbocycles. The van der Waals surface area contributed by atoms with Crippen LogP contribution in [-0.4, -0.2) is 90.4 Å². The van der Waals surface area contributed by atoms with Gasteiger partial charge in [0.1, 0.15) is 5.75 Å². The Morgan fingerprint density at radius 1 is 1.17 bits per heavy atom. The molecule has 0 unspecified atom stereocenters. The van der Waals surface area contributed by atoms with E-state index in [0.29, 0.717) is 24.6 Å². The Hall–Kier alpha value is -3.44. The number of aliphatic hydroxyl groups is 1. The first-order valence-electron chi connectivity index (χ1n) is 15.4. The zero-order valence-electron chi connectivity index (χ0n) is 26.4. The van der Waals surface area contributed by atoms with Gasteiger partial charge in [0.2, 0.25) is 10.0 Å². The number of nitrogens with zero attached hydrogens (tertiary/aromatic N) is 4. The third kappa shape index (κ3) is 12.4. The van der Waals surface area contributed by atoms with Crippen molar-refractivity contribution in [3.05, 3.63) is 34.6 Å². The number of aromatic nitrogens is 2. The average molecular weight is 683 g/mol. The summed E-state index contributed by atoms with van der Waals surface area (Å²) >= 11 is 5.82. The monoisotopic (exact) mass is 682 g/mol. The van der Waals surface area contributed by atoms with Crippen molar-refractivity contribution >= 4 is 50.8 Å². The van der Waals surface area contributed by atoms with Crippen LogP contribution in [0.15, 0.2) is 23.2 Å². The number of nitrogen functional groups attached to an aromatic ring is 2. The van der Waals surface area contributed by atoms with Crippen LogP contribution >= 0.6 is 11.6 Å². The fraction of sp³-hybridized carbons (Fsp3) is 0.586. The van der Waals surface area contributed by atoms with E-state index >= 15 is 0 Å². The lowest BCUT2D eigenvalue weighted by atomic mass is 9.91. The second kappa shape index (κ2) is 17.5. The maximum Gasteiger partial charge on any atom is 0.280 e. The Morgan fingerprint density at radius 2 is 1.89 bits per heavy atom. The number of likely N-dealkylation sites (tertiary alicyclic amines) is 1. The number of piperidine rings is 1. The number of phenolic OH excluding ortho intramolecular Hbond substituents is 1. The van der Waals surface area contributed by atoms with Crippen molar-refractivity contribution in [3.63, 3.8) is 0 Å². The van der Waals surface area contributed by atoms with Crippen molar-refractivity contribution < 1.29 is 23.4 Å². The molecule has 1 amide bonds. The predicted molar refractivity (Wildman–Crippen MR) is 181 cm³/mol. The molecule has 0 saturated carbocycles. The third-order valence-electron chi connectivity index (χ3n) is 7.84. The van der Waals surface area contributed by atoms with Crippen molar-refractivity contribution in [2.24, 2.45) is 16.6 Å². The Morgan fingerprint density at radius 3 is 2.59 bits per heavy atom. The van der Waals surface area contributed by atoms with Gasteiger partial charge >= 0.3 is 0 Å². The summed E-state index contributed by atoms with van der Waals surface area (Å²) in [7, 11) is -3.55. The maximum absolute atomic E-state index is 12.3. The molecule has 2 heterocycles. The summed E-state index contributed by atoms with van der Waals surface area (Å²) in [6.45, 7) is 6.07.